The van der Waals surface area contributed by atoms with E-state index in [-0.39, 0.29) is 29.5 Å². The third-order valence-corrected chi connectivity index (χ3v) is 5.82. The lowest BCUT2D eigenvalue weighted by atomic mass is 9.96. The molecular formula is C22H21N5O3. The van der Waals surface area contributed by atoms with E-state index in [0.717, 1.165) is 34.4 Å². The summed E-state index contributed by atoms with van der Waals surface area (Å²) in [7, 11) is 0. The highest BCUT2D eigenvalue weighted by Gasteiger charge is 2.26. The molecule has 8 nitrogen and oxygen atoms in total. The number of H-pyrrole nitrogens is 2. The first-order chi connectivity index (χ1) is 14.6. The fraction of sp³-hybridized carbons (Fsp3) is 0.273. The summed E-state index contributed by atoms with van der Waals surface area (Å²) in [5.74, 6) is 1.05. The molecule has 2 aromatic carbocycles. The van der Waals surface area contributed by atoms with Gasteiger partial charge in [0, 0.05) is 19.0 Å². The molecule has 30 heavy (non-hydrogen) atoms. The normalized spacial score (nSPS) is 15.1. The minimum atomic E-state index is -0.374. The van der Waals surface area contributed by atoms with Crippen molar-refractivity contribution in [2.24, 2.45) is 0 Å². The molecule has 1 amide bonds. The van der Waals surface area contributed by atoms with E-state index in [4.69, 9.17) is 0 Å². The van der Waals surface area contributed by atoms with Crippen molar-refractivity contribution >= 4 is 27.7 Å². The summed E-state index contributed by atoms with van der Waals surface area (Å²) in [6.07, 6.45) is 1.60. The topological polar surface area (TPSA) is 104 Å². The maximum absolute atomic E-state index is 12.8. The minimum Gasteiger partial charge on any atom is -0.342 e. The van der Waals surface area contributed by atoms with Crippen LogP contribution in [-0.2, 0) is 11.3 Å². The maximum Gasteiger partial charge on any atom is 0.273 e. The van der Waals surface area contributed by atoms with Gasteiger partial charge in [-0.3, -0.25) is 19.5 Å². The van der Waals surface area contributed by atoms with Gasteiger partial charge < -0.3 is 9.88 Å². The average Bonchev–Trinajstić information content (AvgIpc) is 3.22. The summed E-state index contributed by atoms with van der Waals surface area (Å²) in [5, 5.41) is 3.17. The second-order valence-corrected chi connectivity index (χ2v) is 7.67. The van der Waals surface area contributed by atoms with Crippen molar-refractivity contribution in [3.8, 4) is 0 Å². The second kappa shape index (κ2) is 7.29. The van der Waals surface area contributed by atoms with Crippen LogP contribution in [0.1, 0.15) is 24.6 Å². The Kier molecular flexibility index (Phi) is 4.46. The van der Waals surface area contributed by atoms with Crippen LogP contribution in [0.15, 0.2) is 58.1 Å². The first-order valence-electron chi connectivity index (χ1n) is 10.0. The third-order valence-electron chi connectivity index (χ3n) is 5.82. The van der Waals surface area contributed by atoms with Crippen molar-refractivity contribution in [2.75, 3.05) is 13.1 Å². The minimum absolute atomic E-state index is 0.172. The van der Waals surface area contributed by atoms with Gasteiger partial charge in [-0.25, -0.2) is 9.67 Å². The highest BCUT2D eigenvalue weighted by Crippen LogP contribution is 2.27. The first kappa shape index (κ1) is 18.4. The van der Waals surface area contributed by atoms with Crippen LogP contribution < -0.4 is 11.1 Å². The zero-order chi connectivity index (χ0) is 20.7. The van der Waals surface area contributed by atoms with Crippen molar-refractivity contribution in [2.45, 2.75) is 25.3 Å². The molecule has 0 spiro atoms. The molecular weight excluding hydrogens is 382 g/mol. The molecule has 0 atom stereocenters. The summed E-state index contributed by atoms with van der Waals surface area (Å²) >= 11 is 0. The number of carbonyl (C=O) groups is 1. The molecule has 1 aliphatic heterocycles. The number of fused-ring (bicyclic) bond motifs is 2. The molecule has 2 aromatic heterocycles. The molecule has 5 rings (SSSR count). The lowest BCUT2D eigenvalue weighted by molar-refractivity contribution is -0.133. The summed E-state index contributed by atoms with van der Waals surface area (Å²) in [6, 6.07) is 14.6. The van der Waals surface area contributed by atoms with Crippen molar-refractivity contribution in [3.05, 3.63) is 75.1 Å². The number of aromatic nitrogens is 4. The molecule has 1 fully saturated rings. The quantitative estimate of drug-likeness (QED) is 0.546. The number of nitrogens with one attached hydrogen (secondary N) is 2. The molecule has 0 saturated carbocycles. The smallest absolute Gasteiger partial charge is 0.273 e. The number of imidazole rings is 1. The summed E-state index contributed by atoms with van der Waals surface area (Å²) < 4.78 is 1.11. The summed E-state index contributed by atoms with van der Waals surface area (Å²) in [4.78, 5) is 47.4. The lowest BCUT2D eigenvalue weighted by Gasteiger charge is -2.31. The van der Waals surface area contributed by atoms with E-state index in [2.05, 4.69) is 15.1 Å². The first-order valence-corrected chi connectivity index (χ1v) is 10.0. The zero-order valence-corrected chi connectivity index (χ0v) is 16.3. The molecule has 1 saturated heterocycles. The van der Waals surface area contributed by atoms with Crippen molar-refractivity contribution < 1.29 is 4.79 Å². The van der Waals surface area contributed by atoms with E-state index in [1.165, 1.54) is 0 Å². The van der Waals surface area contributed by atoms with Crippen LogP contribution in [0.5, 0.6) is 0 Å². The fourth-order valence-electron chi connectivity index (χ4n) is 4.16. The Morgan fingerprint density at radius 1 is 1.00 bits per heavy atom. The molecule has 0 bridgehead atoms. The van der Waals surface area contributed by atoms with Gasteiger partial charge in [-0.15, -0.1) is 0 Å². The Hall–Kier alpha value is -3.68. The number of aromatic amines is 2. The Labute approximate surface area is 171 Å². The van der Waals surface area contributed by atoms with Gasteiger partial charge in [0.05, 0.1) is 21.8 Å². The van der Waals surface area contributed by atoms with Crippen LogP contribution in [0.25, 0.3) is 21.8 Å². The Morgan fingerprint density at radius 2 is 1.70 bits per heavy atom. The molecule has 1 aliphatic rings. The van der Waals surface area contributed by atoms with Crippen LogP contribution >= 0.6 is 0 Å². The van der Waals surface area contributed by atoms with Crippen LogP contribution in [0.3, 0.4) is 0 Å². The van der Waals surface area contributed by atoms with Crippen molar-refractivity contribution in [1.29, 1.82) is 0 Å². The standard InChI is InChI=1S/C22H21N5O3/c28-19(13-27-22(30)16-6-2-1-5-15(16)21(29)25-27)26-11-9-14(10-12-26)20-23-17-7-3-4-8-18(17)24-20/h1-8,14H,9-13H2,(H,23,24)(H,25,29). The van der Waals surface area contributed by atoms with E-state index in [0.29, 0.717) is 23.9 Å². The lowest BCUT2D eigenvalue weighted by Crippen LogP contribution is -2.42. The molecule has 4 aromatic rings. The number of hydrogen-bond acceptors (Lipinski definition) is 4. The van der Waals surface area contributed by atoms with Gasteiger partial charge in [-0.2, -0.15) is 0 Å². The van der Waals surface area contributed by atoms with E-state index in [1.54, 1.807) is 29.2 Å². The van der Waals surface area contributed by atoms with Crippen LogP contribution in [0.2, 0.25) is 0 Å². The van der Waals surface area contributed by atoms with Crippen LogP contribution in [0, 0.1) is 0 Å². The van der Waals surface area contributed by atoms with Gasteiger partial charge in [-0.1, -0.05) is 24.3 Å². The van der Waals surface area contributed by atoms with Gasteiger partial charge in [0.15, 0.2) is 0 Å². The Balaban J connectivity index is 1.29. The fourth-order valence-corrected chi connectivity index (χ4v) is 4.16. The van der Waals surface area contributed by atoms with E-state index < -0.39 is 0 Å². The number of carbonyl (C=O) groups excluding carboxylic acids is 1. The summed E-state index contributed by atoms with van der Waals surface area (Å²) in [5.41, 5.74) is 1.23. The number of likely N-dealkylation sites (tertiary alicyclic amines) is 1. The van der Waals surface area contributed by atoms with Gasteiger partial charge in [-0.05, 0) is 37.1 Å². The number of para-hydroxylation sites is 2. The Bertz CT molecular complexity index is 1330. The number of hydrogen-bond donors (Lipinski definition) is 2. The molecule has 0 radical (unpaired) electrons. The highest BCUT2D eigenvalue weighted by atomic mass is 16.2. The second-order valence-electron chi connectivity index (χ2n) is 7.67. The van der Waals surface area contributed by atoms with Crippen LogP contribution in [0.4, 0.5) is 0 Å². The predicted octanol–water partition coefficient (Wildman–Crippen LogP) is 1.97. The highest BCUT2D eigenvalue weighted by molar-refractivity contribution is 5.81. The molecule has 8 heteroatoms. The van der Waals surface area contributed by atoms with E-state index in [1.807, 2.05) is 24.3 Å². The van der Waals surface area contributed by atoms with Crippen molar-refractivity contribution in [3.63, 3.8) is 0 Å². The molecule has 0 aliphatic carbocycles. The zero-order valence-electron chi connectivity index (χ0n) is 16.3. The number of rotatable bonds is 3. The van der Waals surface area contributed by atoms with E-state index in [9.17, 15) is 14.4 Å². The average molecular weight is 403 g/mol. The van der Waals surface area contributed by atoms with Gasteiger partial charge in [0.2, 0.25) is 5.91 Å². The van der Waals surface area contributed by atoms with Gasteiger partial charge in [0.25, 0.3) is 11.1 Å². The molecule has 3 heterocycles. The number of nitrogens with zero attached hydrogens (tertiary/aromatic N) is 3. The maximum atomic E-state index is 12.8. The Morgan fingerprint density at radius 3 is 2.47 bits per heavy atom. The molecule has 152 valence electrons. The predicted molar refractivity (Wildman–Crippen MR) is 113 cm³/mol. The number of piperidine rings is 1. The van der Waals surface area contributed by atoms with E-state index >= 15 is 0 Å². The van der Waals surface area contributed by atoms with Gasteiger partial charge in [0.1, 0.15) is 12.4 Å². The summed E-state index contributed by atoms with van der Waals surface area (Å²) in [6.45, 7) is 1.01. The third kappa shape index (κ3) is 3.20. The SMILES string of the molecule is O=C(Cn1[nH]c(=O)c2ccccc2c1=O)N1CCC(c2nc3ccccc3[nH]2)CC1. The molecule has 0 unspecified atom stereocenters. The van der Waals surface area contributed by atoms with Crippen LogP contribution in [-0.4, -0.2) is 43.6 Å². The largest absolute Gasteiger partial charge is 0.342 e. The van der Waals surface area contributed by atoms with Crippen molar-refractivity contribution in [1.82, 2.24) is 24.6 Å². The number of benzene rings is 2. The molecule has 2 N–H and O–H groups in total. The number of amides is 1. The van der Waals surface area contributed by atoms with Gasteiger partial charge >= 0.3 is 0 Å². The monoisotopic (exact) mass is 403 g/mol.